The number of carbonyl (C=O) groups is 1. The van der Waals surface area contributed by atoms with Crippen LogP contribution in [0.15, 0.2) is 77.1 Å². The number of hydrogen-bond donors (Lipinski definition) is 3. The van der Waals surface area contributed by atoms with Gasteiger partial charge in [0, 0.05) is 76.5 Å². The highest BCUT2D eigenvalue weighted by atomic mass is 32.2. The van der Waals surface area contributed by atoms with E-state index in [1.54, 1.807) is 47.7 Å². The molecule has 3 aliphatic carbocycles. The Morgan fingerprint density at radius 2 is 1.87 bits per heavy atom. The summed E-state index contributed by atoms with van der Waals surface area (Å²) >= 11 is 0. The number of pyridine rings is 1. The minimum atomic E-state index is -4.55. The topological polar surface area (TPSA) is 182 Å². The normalized spacial score (nSPS) is 24.2. The number of amides is 1. The highest BCUT2D eigenvalue weighted by Gasteiger charge is 2.66. The van der Waals surface area contributed by atoms with E-state index in [4.69, 9.17) is 15.2 Å². The second-order valence-electron chi connectivity index (χ2n) is 18.5. The molecule has 0 spiro atoms. The fraction of sp³-hybridized carbons (Fsp3) is 0.522. The van der Waals surface area contributed by atoms with E-state index in [-0.39, 0.29) is 22.9 Å². The summed E-state index contributed by atoms with van der Waals surface area (Å²) in [5.41, 5.74) is 11.3. The average Bonchev–Trinajstić information content (AvgIpc) is 3.83. The van der Waals surface area contributed by atoms with Crippen LogP contribution < -0.4 is 25.4 Å². The largest absolute Gasteiger partial charge is 0.455 e. The van der Waals surface area contributed by atoms with Gasteiger partial charge in [-0.05, 0) is 122 Å². The molecule has 2 aliphatic heterocycles. The van der Waals surface area contributed by atoms with Crippen LogP contribution in [-0.4, -0.2) is 81.6 Å². The number of aromatic nitrogens is 1. The van der Waals surface area contributed by atoms with Gasteiger partial charge in [-0.2, -0.15) is 0 Å². The standard InChI is InChI=1S/C46H59N7O7S/c1-4-46-25-39(40(46)26-46)38-24-45(2,3)13-9-33(38)30-51-15-17-52(18-16-51)34-5-7-37(43(22-34)60-35-21-32(10-14-47)27-48-29-35)44(54)50-61(57,58)36-6-8-41(42(23-36)53(55)56)49-28-31-11-19-59-20-12-31/h5-8,10,14,21-23,27,29,31,39-40,49H,4,9,11-13,15-20,24-26,28,30,47H2,1-3H3,(H,50,54)/b14-10-/t39-,40?,46?/m0/s1. The van der Waals surface area contributed by atoms with Crippen molar-refractivity contribution >= 4 is 39.1 Å². The van der Waals surface area contributed by atoms with Crippen molar-refractivity contribution in [1.29, 1.82) is 0 Å². The Hall–Kier alpha value is -4.99. The molecule has 1 aromatic heterocycles. The zero-order chi connectivity index (χ0) is 42.9. The molecule has 0 radical (unpaired) electrons. The lowest BCUT2D eigenvalue weighted by atomic mass is 9.62. The zero-order valence-electron chi connectivity index (χ0n) is 35.5. The van der Waals surface area contributed by atoms with E-state index in [9.17, 15) is 23.3 Å². The highest BCUT2D eigenvalue weighted by Crippen LogP contribution is 2.75. The van der Waals surface area contributed by atoms with Crippen LogP contribution in [0.1, 0.15) is 88.1 Å². The SMILES string of the molecule is CCC12CC1[C@H](C1=C(CN3CCN(c4ccc(C(=O)NS(=O)(=O)c5ccc(NCC6CCOCC6)c([N+](=O)[O-])c5)c(Oc5cncc(/C=C\N)c5)c4)CC3)CCC(C)(C)C1)C2. The molecule has 326 valence electrons. The summed E-state index contributed by atoms with van der Waals surface area (Å²) in [6.45, 7) is 13.3. The first-order chi connectivity index (χ1) is 29.3. The molecule has 0 bridgehead atoms. The van der Waals surface area contributed by atoms with Crippen molar-refractivity contribution in [2.24, 2.45) is 34.3 Å². The molecule has 3 atom stereocenters. The van der Waals surface area contributed by atoms with Crippen LogP contribution in [0.25, 0.3) is 6.08 Å². The number of rotatable bonds is 15. The van der Waals surface area contributed by atoms with Crippen LogP contribution in [-0.2, 0) is 14.8 Å². The summed E-state index contributed by atoms with van der Waals surface area (Å²) in [5, 5.41) is 15.2. The summed E-state index contributed by atoms with van der Waals surface area (Å²) in [6.07, 6.45) is 15.5. The molecule has 2 saturated heterocycles. The fourth-order valence-corrected chi connectivity index (χ4v) is 11.1. The Bertz CT molecular complexity index is 2320. The molecule has 3 aromatic rings. The number of nitrogens with zero attached hydrogens (tertiary/aromatic N) is 4. The van der Waals surface area contributed by atoms with Gasteiger partial charge < -0.3 is 25.4 Å². The van der Waals surface area contributed by atoms with Crippen LogP contribution in [0.5, 0.6) is 11.5 Å². The Balaban J connectivity index is 0.986. The summed E-state index contributed by atoms with van der Waals surface area (Å²) < 4.78 is 41.1. The number of hydrogen-bond acceptors (Lipinski definition) is 12. The molecular weight excluding hydrogens is 795 g/mol. The van der Waals surface area contributed by atoms with Gasteiger partial charge >= 0.3 is 0 Å². The molecule has 5 aliphatic rings. The number of ether oxygens (including phenoxy) is 2. The third-order valence-corrected chi connectivity index (χ3v) is 15.3. The number of benzene rings is 2. The number of anilines is 2. The van der Waals surface area contributed by atoms with Crippen LogP contribution in [0, 0.1) is 38.7 Å². The van der Waals surface area contributed by atoms with Gasteiger partial charge in [-0.25, -0.2) is 13.1 Å². The summed E-state index contributed by atoms with van der Waals surface area (Å²) in [6, 6.07) is 10.4. The van der Waals surface area contributed by atoms with E-state index in [0.717, 1.165) is 69.2 Å². The quantitative estimate of drug-likeness (QED) is 0.0770. The lowest BCUT2D eigenvalue weighted by Crippen LogP contribution is -2.47. The minimum Gasteiger partial charge on any atom is -0.455 e. The van der Waals surface area contributed by atoms with Gasteiger partial charge in [0.1, 0.15) is 17.2 Å². The lowest BCUT2D eigenvalue weighted by Gasteiger charge is -2.44. The van der Waals surface area contributed by atoms with Crippen LogP contribution in [0.2, 0.25) is 0 Å². The van der Waals surface area contributed by atoms with E-state index in [2.05, 4.69) is 45.6 Å². The molecule has 2 saturated carbocycles. The fourth-order valence-electron chi connectivity index (χ4n) is 10.1. The van der Waals surface area contributed by atoms with Gasteiger partial charge in [-0.1, -0.05) is 38.3 Å². The Morgan fingerprint density at radius 3 is 2.57 bits per heavy atom. The number of piperazine rings is 1. The number of allylic oxidation sites excluding steroid dienone is 1. The molecular formula is C46H59N7O7S. The number of nitro benzene ring substituents is 1. The van der Waals surface area contributed by atoms with Crippen molar-refractivity contribution in [3.63, 3.8) is 0 Å². The van der Waals surface area contributed by atoms with Crippen molar-refractivity contribution in [1.82, 2.24) is 14.6 Å². The predicted octanol–water partition coefficient (Wildman–Crippen LogP) is 7.73. The van der Waals surface area contributed by atoms with E-state index in [1.165, 1.54) is 63.1 Å². The van der Waals surface area contributed by atoms with Gasteiger partial charge in [0.05, 0.1) is 21.6 Å². The molecule has 4 fully saturated rings. The predicted molar refractivity (Wildman–Crippen MR) is 236 cm³/mol. The summed E-state index contributed by atoms with van der Waals surface area (Å²) in [7, 11) is -4.55. The molecule has 3 heterocycles. The second kappa shape index (κ2) is 17.4. The highest BCUT2D eigenvalue weighted by molar-refractivity contribution is 7.90. The first-order valence-corrected chi connectivity index (χ1v) is 23.3. The smallest absolute Gasteiger partial charge is 0.293 e. The maximum atomic E-state index is 13.9. The first-order valence-electron chi connectivity index (χ1n) is 21.8. The molecule has 1 amide bonds. The number of carbonyl (C=O) groups excluding carboxylic acids is 1. The van der Waals surface area contributed by atoms with Crippen molar-refractivity contribution in [2.75, 3.05) is 62.7 Å². The van der Waals surface area contributed by atoms with E-state index >= 15 is 0 Å². The molecule has 14 nitrogen and oxygen atoms in total. The average molecular weight is 854 g/mol. The maximum absolute atomic E-state index is 13.9. The van der Waals surface area contributed by atoms with E-state index in [0.29, 0.717) is 41.9 Å². The van der Waals surface area contributed by atoms with Gasteiger partial charge in [0.2, 0.25) is 0 Å². The molecule has 2 unspecified atom stereocenters. The van der Waals surface area contributed by atoms with Crippen LogP contribution in [0.3, 0.4) is 0 Å². The Morgan fingerprint density at radius 1 is 1.08 bits per heavy atom. The molecule has 8 rings (SSSR count). The van der Waals surface area contributed by atoms with E-state index in [1.807, 2.05) is 0 Å². The number of nitrogens with one attached hydrogen (secondary N) is 2. The first kappa shape index (κ1) is 42.7. The minimum absolute atomic E-state index is 0.0339. The molecule has 2 aromatic carbocycles. The number of sulfonamides is 1. The summed E-state index contributed by atoms with van der Waals surface area (Å²) in [4.78, 5) is 34.0. The second-order valence-corrected chi connectivity index (χ2v) is 20.2. The van der Waals surface area contributed by atoms with Crippen LogP contribution >= 0.6 is 0 Å². The third kappa shape index (κ3) is 9.43. The third-order valence-electron chi connectivity index (χ3n) is 14.0. The zero-order valence-corrected chi connectivity index (χ0v) is 36.3. The van der Waals surface area contributed by atoms with Crippen molar-refractivity contribution in [3.8, 4) is 11.5 Å². The van der Waals surface area contributed by atoms with Crippen molar-refractivity contribution in [2.45, 2.75) is 77.0 Å². The summed E-state index contributed by atoms with van der Waals surface area (Å²) in [5.74, 6) is 1.45. The molecule has 15 heteroatoms. The van der Waals surface area contributed by atoms with Gasteiger partial charge in [-0.3, -0.25) is 24.8 Å². The molecule has 4 N–H and O–H groups in total. The number of nitro groups is 1. The maximum Gasteiger partial charge on any atom is 0.293 e. The van der Waals surface area contributed by atoms with E-state index < -0.39 is 31.4 Å². The van der Waals surface area contributed by atoms with Crippen LogP contribution in [0.4, 0.5) is 17.1 Å². The Kier molecular flexibility index (Phi) is 12.2. The molecule has 61 heavy (non-hydrogen) atoms. The van der Waals surface area contributed by atoms with Crippen molar-refractivity contribution < 1.29 is 27.6 Å². The lowest BCUT2D eigenvalue weighted by molar-refractivity contribution is -0.384. The van der Waals surface area contributed by atoms with Gasteiger partial charge in [0.25, 0.3) is 21.6 Å². The monoisotopic (exact) mass is 853 g/mol. The number of nitrogens with two attached hydrogens (primary N) is 1. The van der Waals surface area contributed by atoms with Gasteiger partial charge in [-0.15, -0.1) is 0 Å². The number of fused-ring (bicyclic) bond motifs is 1. The Labute approximate surface area is 359 Å². The van der Waals surface area contributed by atoms with Crippen molar-refractivity contribution in [3.05, 3.63) is 93.4 Å². The van der Waals surface area contributed by atoms with Gasteiger partial charge in [0.15, 0.2) is 0 Å².